The van der Waals surface area contributed by atoms with Crippen molar-refractivity contribution in [2.75, 3.05) is 5.73 Å². The van der Waals surface area contributed by atoms with Crippen LogP contribution in [0.2, 0.25) is 0 Å². The summed E-state index contributed by atoms with van der Waals surface area (Å²) in [5, 5.41) is 11.1. The Morgan fingerprint density at radius 1 is 1.39 bits per heavy atom. The highest BCUT2D eigenvalue weighted by molar-refractivity contribution is 8.00. The van der Waals surface area contributed by atoms with Crippen LogP contribution in [0.15, 0.2) is 32.5 Å². The summed E-state index contributed by atoms with van der Waals surface area (Å²) >= 11 is 4.54. The molecule has 0 bridgehead atoms. The van der Waals surface area contributed by atoms with Crippen molar-refractivity contribution < 1.29 is 4.42 Å². The first kappa shape index (κ1) is 11.7. The van der Waals surface area contributed by atoms with Gasteiger partial charge < -0.3 is 10.2 Å². The van der Waals surface area contributed by atoms with E-state index in [0.29, 0.717) is 5.13 Å². The summed E-state index contributed by atoms with van der Waals surface area (Å²) in [6, 6.07) is 3.76. The van der Waals surface area contributed by atoms with E-state index >= 15 is 0 Å². The second-order valence-electron chi connectivity index (χ2n) is 3.32. The topological polar surface area (TPSA) is 77.8 Å². The molecule has 0 aromatic carbocycles. The number of nitrogen functional groups attached to an aromatic ring is 1. The zero-order chi connectivity index (χ0) is 12.4. The Kier molecular flexibility index (Phi) is 3.31. The third kappa shape index (κ3) is 2.55. The van der Waals surface area contributed by atoms with Gasteiger partial charge in [-0.15, -0.1) is 21.5 Å². The maximum absolute atomic E-state index is 5.52. The van der Waals surface area contributed by atoms with Crippen molar-refractivity contribution in [3.8, 4) is 10.8 Å². The standard InChI is InChI=1S/C10H8N4OS3/c11-9-13-14-10(18-9)17-5-6-4-16-8(12-6)7-2-1-3-15-7/h1-4H,5H2,(H2,11,13). The Hall–Kier alpha value is -1.38. The molecule has 0 amide bonds. The maximum atomic E-state index is 5.52. The number of hydrogen-bond donors (Lipinski definition) is 1. The zero-order valence-electron chi connectivity index (χ0n) is 9.07. The molecule has 18 heavy (non-hydrogen) atoms. The first-order chi connectivity index (χ1) is 8.81. The molecule has 0 saturated heterocycles. The van der Waals surface area contributed by atoms with Gasteiger partial charge in [-0.05, 0) is 12.1 Å². The molecule has 8 heteroatoms. The van der Waals surface area contributed by atoms with Gasteiger partial charge in [0, 0.05) is 11.1 Å². The van der Waals surface area contributed by atoms with E-state index in [0.717, 1.165) is 26.6 Å². The van der Waals surface area contributed by atoms with Gasteiger partial charge in [0.25, 0.3) is 0 Å². The molecule has 0 unspecified atom stereocenters. The molecule has 0 radical (unpaired) electrons. The molecule has 3 rings (SSSR count). The van der Waals surface area contributed by atoms with E-state index < -0.39 is 0 Å². The smallest absolute Gasteiger partial charge is 0.203 e. The number of aromatic nitrogens is 3. The van der Waals surface area contributed by atoms with Crippen molar-refractivity contribution >= 4 is 39.6 Å². The number of anilines is 1. The van der Waals surface area contributed by atoms with E-state index in [9.17, 15) is 0 Å². The molecule has 5 nitrogen and oxygen atoms in total. The number of nitrogens with two attached hydrogens (primary N) is 1. The lowest BCUT2D eigenvalue weighted by Gasteiger charge is -1.91. The Morgan fingerprint density at radius 2 is 2.33 bits per heavy atom. The minimum atomic E-state index is 0.493. The molecular formula is C10H8N4OS3. The van der Waals surface area contributed by atoms with E-state index in [2.05, 4.69) is 15.2 Å². The summed E-state index contributed by atoms with van der Waals surface area (Å²) in [7, 11) is 0. The first-order valence-corrected chi connectivity index (χ1v) is 7.69. The highest BCUT2D eigenvalue weighted by Gasteiger charge is 2.08. The highest BCUT2D eigenvalue weighted by atomic mass is 32.2. The Morgan fingerprint density at radius 3 is 3.06 bits per heavy atom. The van der Waals surface area contributed by atoms with Gasteiger partial charge in [0.15, 0.2) is 15.1 Å². The van der Waals surface area contributed by atoms with Gasteiger partial charge in [-0.3, -0.25) is 0 Å². The fourth-order valence-corrected chi connectivity index (χ4v) is 3.72. The lowest BCUT2D eigenvalue weighted by atomic mass is 10.5. The number of thioether (sulfide) groups is 1. The molecule has 0 aliphatic heterocycles. The maximum Gasteiger partial charge on any atom is 0.203 e. The number of thiazole rings is 1. The van der Waals surface area contributed by atoms with Gasteiger partial charge in [-0.25, -0.2) is 4.98 Å². The van der Waals surface area contributed by atoms with Gasteiger partial charge in [0.2, 0.25) is 5.13 Å². The van der Waals surface area contributed by atoms with Gasteiger partial charge in [-0.1, -0.05) is 23.1 Å². The summed E-state index contributed by atoms with van der Waals surface area (Å²) in [5.41, 5.74) is 6.53. The lowest BCUT2D eigenvalue weighted by Crippen LogP contribution is -1.81. The van der Waals surface area contributed by atoms with Crippen LogP contribution in [0, 0.1) is 0 Å². The van der Waals surface area contributed by atoms with Crippen LogP contribution in [0.5, 0.6) is 0 Å². The van der Waals surface area contributed by atoms with E-state index in [1.807, 2.05) is 17.5 Å². The molecule has 2 N–H and O–H groups in total. The second kappa shape index (κ2) is 5.09. The molecular weight excluding hydrogens is 288 g/mol. The average molecular weight is 296 g/mol. The van der Waals surface area contributed by atoms with E-state index in [1.165, 1.54) is 11.3 Å². The molecule has 0 aliphatic carbocycles. The molecule has 0 saturated carbocycles. The SMILES string of the molecule is Nc1nnc(SCc2csc(-c3ccco3)n2)s1. The van der Waals surface area contributed by atoms with Crippen LogP contribution in [-0.2, 0) is 5.75 Å². The quantitative estimate of drug-likeness (QED) is 0.745. The van der Waals surface area contributed by atoms with Crippen molar-refractivity contribution in [3.05, 3.63) is 29.5 Å². The van der Waals surface area contributed by atoms with Crippen LogP contribution < -0.4 is 5.73 Å². The van der Waals surface area contributed by atoms with Crippen molar-refractivity contribution in [2.24, 2.45) is 0 Å². The number of hydrogen-bond acceptors (Lipinski definition) is 8. The summed E-state index contributed by atoms with van der Waals surface area (Å²) in [5.74, 6) is 1.56. The van der Waals surface area contributed by atoms with Gasteiger partial charge in [0.05, 0.1) is 12.0 Å². The van der Waals surface area contributed by atoms with E-state index in [1.54, 1.807) is 29.4 Å². The Bertz CT molecular complexity index is 631. The predicted octanol–water partition coefficient (Wildman–Crippen LogP) is 3.13. The molecule has 0 atom stereocenters. The third-order valence-electron chi connectivity index (χ3n) is 2.05. The average Bonchev–Trinajstić information content (AvgIpc) is 3.07. The van der Waals surface area contributed by atoms with E-state index in [-0.39, 0.29) is 0 Å². The van der Waals surface area contributed by atoms with Crippen LogP contribution in [0.1, 0.15) is 5.69 Å². The van der Waals surface area contributed by atoms with Crippen molar-refractivity contribution in [3.63, 3.8) is 0 Å². The first-order valence-electron chi connectivity index (χ1n) is 5.01. The largest absolute Gasteiger partial charge is 0.462 e. The van der Waals surface area contributed by atoms with Crippen molar-refractivity contribution in [1.82, 2.24) is 15.2 Å². The van der Waals surface area contributed by atoms with Crippen molar-refractivity contribution in [2.45, 2.75) is 10.1 Å². The van der Waals surface area contributed by atoms with Crippen LogP contribution in [0.25, 0.3) is 10.8 Å². The number of rotatable bonds is 4. The van der Waals surface area contributed by atoms with Crippen LogP contribution in [0.4, 0.5) is 5.13 Å². The normalized spacial score (nSPS) is 10.9. The summed E-state index contributed by atoms with van der Waals surface area (Å²) in [4.78, 5) is 4.50. The van der Waals surface area contributed by atoms with Crippen LogP contribution in [-0.4, -0.2) is 15.2 Å². The molecule has 0 aliphatic rings. The van der Waals surface area contributed by atoms with E-state index in [4.69, 9.17) is 10.2 Å². The number of nitrogens with zero attached hydrogens (tertiary/aromatic N) is 3. The van der Waals surface area contributed by atoms with Gasteiger partial charge in [-0.2, -0.15) is 0 Å². The molecule has 0 fully saturated rings. The molecule has 3 aromatic rings. The summed E-state index contributed by atoms with van der Waals surface area (Å²) in [6.45, 7) is 0. The summed E-state index contributed by atoms with van der Waals surface area (Å²) in [6.07, 6.45) is 1.65. The second-order valence-corrected chi connectivity index (χ2v) is 6.41. The third-order valence-corrected chi connectivity index (χ3v) is 4.87. The highest BCUT2D eigenvalue weighted by Crippen LogP contribution is 2.29. The fourth-order valence-electron chi connectivity index (χ4n) is 1.30. The molecule has 3 heterocycles. The Balaban J connectivity index is 1.67. The Labute approximate surface area is 115 Å². The molecule has 3 aromatic heterocycles. The lowest BCUT2D eigenvalue weighted by molar-refractivity contribution is 0.581. The van der Waals surface area contributed by atoms with Gasteiger partial charge in [0.1, 0.15) is 0 Å². The molecule has 0 spiro atoms. The minimum absolute atomic E-state index is 0.493. The van der Waals surface area contributed by atoms with Crippen molar-refractivity contribution in [1.29, 1.82) is 0 Å². The molecule has 92 valence electrons. The number of furan rings is 1. The summed E-state index contributed by atoms with van der Waals surface area (Å²) < 4.78 is 6.16. The minimum Gasteiger partial charge on any atom is -0.462 e. The van der Waals surface area contributed by atoms with Crippen LogP contribution >= 0.6 is 34.4 Å². The predicted molar refractivity (Wildman–Crippen MR) is 73.7 cm³/mol. The van der Waals surface area contributed by atoms with Crippen LogP contribution in [0.3, 0.4) is 0 Å². The van der Waals surface area contributed by atoms with Gasteiger partial charge >= 0.3 is 0 Å². The zero-order valence-corrected chi connectivity index (χ0v) is 11.5. The monoisotopic (exact) mass is 296 g/mol. The fraction of sp³-hybridized carbons (Fsp3) is 0.100.